The van der Waals surface area contributed by atoms with Crippen LogP contribution in [0.2, 0.25) is 0 Å². The first-order chi connectivity index (χ1) is 7.67. The Balaban J connectivity index is 2.26. The largest absolute Gasteiger partial charge is 0.370 e. The van der Waals surface area contributed by atoms with Crippen molar-refractivity contribution in [1.29, 1.82) is 0 Å². The van der Waals surface area contributed by atoms with Gasteiger partial charge in [0, 0.05) is 26.2 Å². The number of carbonyl (C=O) groups is 1. The SMILES string of the molecule is COC(CN)C(=O)NC(C)CN1CCCC1. The molecule has 0 bridgehead atoms. The third-order valence-electron chi connectivity index (χ3n) is 2.91. The van der Waals surface area contributed by atoms with Gasteiger partial charge < -0.3 is 20.7 Å². The summed E-state index contributed by atoms with van der Waals surface area (Å²) in [5.74, 6) is -0.114. The molecule has 16 heavy (non-hydrogen) atoms. The summed E-state index contributed by atoms with van der Waals surface area (Å²) in [7, 11) is 1.50. The second-order valence-electron chi connectivity index (χ2n) is 4.38. The van der Waals surface area contributed by atoms with E-state index in [4.69, 9.17) is 10.5 Å². The Kier molecular flexibility index (Phi) is 5.73. The molecule has 5 heteroatoms. The number of hydrogen-bond acceptors (Lipinski definition) is 4. The maximum Gasteiger partial charge on any atom is 0.250 e. The minimum Gasteiger partial charge on any atom is -0.370 e. The monoisotopic (exact) mass is 229 g/mol. The Morgan fingerprint density at radius 2 is 2.12 bits per heavy atom. The molecule has 0 aromatic heterocycles. The number of ether oxygens (including phenoxy) is 1. The molecule has 0 saturated carbocycles. The number of amides is 1. The predicted octanol–water partition coefficient (Wildman–Crippen LogP) is -0.439. The van der Waals surface area contributed by atoms with E-state index in [1.54, 1.807) is 0 Å². The number of rotatable bonds is 6. The molecule has 94 valence electrons. The topological polar surface area (TPSA) is 67.6 Å². The molecule has 0 aliphatic carbocycles. The van der Waals surface area contributed by atoms with E-state index in [1.165, 1.54) is 20.0 Å². The highest BCUT2D eigenvalue weighted by molar-refractivity contribution is 5.81. The van der Waals surface area contributed by atoms with Crippen LogP contribution in [-0.2, 0) is 9.53 Å². The van der Waals surface area contributed by atoms with E-state index in [2.05, 4.69) is 10.2 Å². The molecule has 1 rings (SSSR count). The van der Waals surface area contributed by atoms with Crippen LogP contribution in [0.25, 0.3) is 0 Å². The Morgan fingerprint density at radius 3 is 2.62 bits per heavy atom. The van der Waals surface area contributed by atoms with Gasteiger partial charge in [0.2, 0.25) is 0 Å². The van der Waals surface area contributed by atoms with Crippen LogP contribution in [0.5, 0.6) is 0 Å². The number of nitrogens with one attached hydrogen (secondary N) is 1. The fourth-order valence-corrected chi connectivity index (χ4v) is 2.04. The van der Waals surface area contributed by atoms with Gasteiger partial charge in [0.05, 0.1) is 0 Å². The normalized spacial score (nSPS) is 20.7. The van der Waals surface area contributed by atoms with Crippen LogP contribution in [-0.4, -0.2) is 56.2 Å². The molecule has 2 unspecified atom stereocenters. The fraction of sp³-hybridized carbons (Fsp3) is 0.909. The lowest BCUT2D eigenvalue weighted by molar-refractivity contribution is -0.131. The Bertz CT molecular complexity index is 213. The molecule has 1 heterocycles. The summed E-state index contributed by atoms with van der Waals surface area (Å²) in [5, 5.41) is 2.92. The second kappa shape index (κ2) is 6.83. The van der Waals surface area contributed by atoms with E-state index < -0.39 is 6.10 Å². The molecule has 1 aliphatic heterocycles. The molecule has 3 N–H and O–H groups in total. The van der Waals surface area contributed by atoms with E-state index in [0.717, 1.165) is 19.6 Å². The van der Waals surface area contributed by atoms with Crippen molar-refractivity contribution < 1.29 is 9.53 Å². The van der Waals surface area contributed by atoms with E-state index in [1.807, 2.05) is 6.92 Å². The standard InChI is InChI=1S/C11H23N3O2/c1-9(8-14-5-3-4-6-14)13-11(15)10(7-12)16-2/h9-10H,3-8,12H2,1-2H3,(H,13,15). The summed E-state index contributed by atoms with van der Waals surface area (Å²) in [6, 6.07) is 0.148. The van der Waals surface area contributed by atoms with Crippen molar-refractivity contribution >= 4 is 5.91 Å². The zero-order valence-electron chi connectivity index (χ0n) is 10.2. The summed E-state index contributed by atoms with van der Waals surface area (Å²) in [6.07, 6.45) is 2.01. The summed E-state index contributed by atoms with van der Waals surface area (Å²) in [5.41, 5.74) is 5.43. The van der Waals surface area contributed by atoms with Crippen molar-refractivity contribution in [2.45, 2.75) is 31.9 Å². The van der Waals surface area contributed by atoms with E-state index in [0.29, 0.717) is 0 Å². The van der Waals surface area contributed by atoms with Gasteiger partial charge in [0.25, 0.3) is 5.91 Å². The molecule has 0 aromatic carbocycles. The molecule has 0 spiro atoms. The maximum absolute atomic E-state index is 11.7. The first-order valence-corrected chi connectivity index (χ1v) is 5.93. The molecule has 1 amide bonds. The highest BCUT2D eigenvalue weighted by atomic mass is 16.5. The number of carbonyl (C=O) groups excluding carboxylic acids is 1. The molecular weight excluding hydrogens is 206 g/mol. The van der Waals surface area contributed by atoms with Gasteiger partial charge in [-0.15, -0.1) is 0 Å². The highest BCUT2D eigenvalue weighted by Gasteiger charge is 2.20. The van der Waals surface area contributed by atoms with Gasteiger partial charge in [-0.2, -0.15) is 0 Å². The van der Waals surface area contributed by atoms with Gasteiger partial charge in [-0.25, -0.2) is 0 Å². The van der Waals surface area contributed by atoms with Crippen LogP contribution < -0.4 is 11.1 Å². The van der Waals surface area contributed by atoms with Crippen molar-refractivity contribution in [3.05, 3.63) is 0 Å². The van der Waals surface area contributed by atoms with Crippen molar-refractivity contribution in [3.8, 4) is 0 Å². The van der Waals surface area contributed by atoms with E-state index in [9.17, 15) is 4.79 Å². The molecule has 0 radical (unpaired) electrons. The lowest BCUT2D eigenvalue weighted by Gasteiger charge is -2.23. The summed E-state index contributed by atoms with van der Waals surface area (Å²) in [6.45, 7) is 5.43. The minimum absolute atomic E-state index is 0.114. The molecule has 5 nitrogen and oxygen atoms in total. The minimum atomic E-state index is -0.527. The molecule has 2 atom stereocenters. The van der Waals surface area contributed by atoms with Crippen LogP contribution in [0, 0.1) is 0 Å². The van der Waals surface area contributed by atoms with Gasteiger partial charge >= 0.3 is 0 Å². The van der Waals surface area contributed by atoms with Crippen LogP contribution >= 0.6 is 0 Å². The van der Waals surface area contributed by atoms with E-state index >= 15 is 0 Å². The number of nitrogens with two attached hydrogens (primary N) is 1. The Labute approximate surface area is 97.3 Å². The smallest absolute Gasteiger partial charge is 0.250 e. The fourth-order valence-electron chi connectivity index (χ4n) is 2.04. The summed E-state index contributed by atoms with van der Waals surface area (Å²) >= 11 is 0. The van der Waals surface area contributed by atoms with Gasteiger partial charge in [0.15, 0.2) is 0 Å². The van der Waals surface area contributed by atoms with Crippen molar-refractivity contribution in [2.24, 2.45) is 5.73 Å². The number of nitrogens with zero attached hydrogens (tertiary/aromatic N) is 1. The maximum atomic E-state index is 11.7. The predicted molar refractivity (Wildman–Crippen MR) is 63.1 cm³/mol. The summed E-state index contributed by atoms with van der Waals surface area (Å²) < 4.78 is 4.98. The second-order valence-corrected chi connectivity index (χ2v) is 4.38. The first kappa shape index (κ1) is 13.4. The third kappa shape index (κ3) is 4.08. The van der Waals surface area contributed by atoms with Gasteiger partial charge in [-0.3, -0.25) is 4.79 Å². The molecular formula is C11H23N3O2. The lowest BCUT2D eigenvalue weighted by atomic mass is 10.2. The van der Waals surface area contributed by atoms with Crippen LogP contribution in [0.4, 0.5) is 0 Å². The van der Waals surface area contributed by atoms with Gasteiger partial charge in [-0.1, -0.05) is 0 Å². The van der Waals surface area contributed by atoms with Crippen LogP contribution in [0.1, 0.15) is 19.8 Å². The lowest BCUT2D eigenvalue weighted by Crippen LogP contribution is -2.47. The summed E-state index contributed by atoms with van der Waals surface area (Å²) in [4.78, 5) is 14.0. The number of likely N-dealkylation sites (tertiary alicyclic amines) is 1. The average molecular weight is 229 g/mol. The molecule has 1 saturated heterocycles. The quantitative estimate of drug-likeness (QED) is 0.648. The Hall–Kier alpha value is -0.650. The average Bonchev–Trinajstić information content (AvgIpc) is 2.71. The Morgan fingerprint density at radius 1 is 1.50 bits per heavy atom. The highest BCUT2D eigenvalue weighted by Crippen LogP contribution is 2.07. The molecule has 1 fully saturated rings. The van der Waals surface area contributed by atoms with Crippen molar-refractivity contribution in [1.82, 2.24) is 10.2 Å². The first-order valence-electron chi connectivity index (χ1n) is 5.93. The van der Waals surface area contributed by atoms with Crippen molar-refractivity contribution in [2.75, 3.05) is 33.3 Å². The molecule has 0 aromatic rings. The number of methoxy groups -OCH3 is 1. The van der Waals surface area contributed by atoms with Crippen LogP contribution in [0.3, 0.4) is 0 Å². The third-order valence-corrected chi connectivity index (χ3v) is 2.91. The van der Waals surface area contributed by atoms with Crippen molar-refractivity contribution in [3.63, 3.8) is 0 Å². The number of hydrogen-bond donors (Lipinski definition) is 2. The van der Waals surface area contributed by atoms with E-state index in [-0.39, 0.29) is 18.5 Å². The van der Waals surface area contributed by atoms with Gasteiger partial charge in [-0.05, 0) is 32.9 Å². The molecule has 1 aliphatic rings. The zero-order chi connectivity index (χ0) is 12.0. The van der Waals surface area contributed by atoms with Crippen LogP contribution in [0.15, 0.2) is 0 Å². The van der Waals surface area contributed by atoms with Gasteiger partial charge in [0.1, 0.15) is 6.10 Å². The zero-order valence-corrected chi connectivity index (χ0v) is 10.2.